The molecule has 4 nitrogen and oxygen atoms in total. The third-order valence-electron chi connectivity index (χ3n) is 5.62. The molecule has 3 rings (SSSR count). The fraction of sp³-hybridized carbons (Fsp3) is 0.440. The Hall–Kier alpha value is -2.02. The van der Waals surface area contributed by atoms with Crippen LogP contribution in [0.2, 0.25) is 0 Å². The molecule has 0 saturated carbocycles. The van der Waals surface area contributed by atoms with Gasteiger partial charge in [-0.1, -0.05) is 32.5 Å². The van der Waals surface area contributed by atoms with Gasteiger partial charge in [-0.25, -0.2) is 4.39 Å². The second kappa shape index (κ2) is 9.23. The Morgan fingerprint density at radius 3 is 2.29 bits per heavy atom. The predicted octanol–water partition coefficient (Wildman–Crippen LogP) is 6.06. The second-order valence-corrected chi connectivity index (χ2v) is 10.1. The summed E-state index contributed by atoms with van der Waals surface area (Å²) >= 11 is 1.36. The minimum atomic E-state index is -0.618. The minimum Gasteiger partial charge on any atom is -0.381 e. The van der Waals surface area contributed by atoms with E-state index in [1.54, 1.807) is 25.3 Å². The predicted molar refractivity (Wildman–Crippen MR) is 119 cm³/mol. The Kier molecular flexibility index (Phi) is 7.04. The lowest BCUT2D eigenvalue weighted by Gasteiger charge is -2.36. The molecule has 0 spiro atoms. The summed E-state index contributed by atoms with van der Waals surface area (Å²) in [6.07, 6.45) is 1.32. The van der Waals surface area contributed by atoms with E-state index >= 15 is 0 Å². The van der Waals surface area contributed by atoms with Gasteiger partial charge in [-0.3, -0.25) is 9.59 Å². The van der Waals surface area contributed by atoms with Crippen LogP contribution in [0.4, 0.5) is 4.39 Å². The van der Waals surface area contributed by atoms with Gasteiger partial charge in [0.1, 0.15) is 5.82 Å². The number of methoxy groups -OCH3 is 1. The molecule has 1 fully saturated rings. The summed E-state index contributed by atoms with van der Waals surface area (Å²) in [4.78, 5) is 26.5. The highest BCUT2D eigenvalue weighted by Gasteiger charge is 2.35. The van der Waals surface area contributed by atoms with Crippen LogP contribution >= 0.6 is 11.8 Å². The molecule has 0 N–H and O–H groups in total. The molecule has 1 saturated heterocycles. The van der Waals surface area contributed by atoms with Crippen LogP contribution in [0.15, 0.2) is 46.2 Å². The Morgan fingerprint density at radius 1 is 1.03 bits per heavy atom. The van der Waals surface area contributed by atoms with Gasteiger partial charge in [0.05, 0.1) is 5.60 Å². The highest BCUT2D eigenvalue weighted by molar-refractivity contribution is 7.99. The van der Waals surface area contributed by atoms with Gasteiger partial charge < -0.3 is 9.47 Å². The molecular formula is C25H29FO4S. The molecule has 0 unspecified atom stereocenters. The number of ether oxygens (including phenoxy) is 2. The quantitative estimate of drug-likeness (QED) is 0.507. The molecule has 2 aromatic rings. The van der Waals surface area contributed by atoms with Crippen molar-refractivity contribution in [2.75, 3.05) is 20.3 Å². The second-order valence-electron chi connectivity index (χ2n) is 8.93. The van der Waals surface area contributed by atoms with E-state index in [-0.39, 0.29) is 17.4 Å². The average Bonchev–Trinajstić information content (AvgIpc) is 2.72. The molecule has 0 atom stereocenters. The Morgan fingerprint density at radius 2 is 1.71 bits per heavy atom. The van der Waals surface area contributed by atoms with Crippen molar-refractivity contribution in [2.45, 2.75) is 55.9 Å². The van der Waals surface area contributed by atoms with Crippen LogP contribution in [-0.4, -0.2) is 31.9 Å². The molecule has 0 aromatic heterocycles. The summed E-state index contributed by atoms with van der Waals surface area (Å²) in [5.74, 6) is -0.589. The van der Waals surface area contributed by atoms with Crippen molar-refractivity contribution >= 4 is 23.3 Å². The van der Waals surface area contributed by atoms with Gasteiger partial charge in [0.15, 0.2) is 11.6 Å². The molecule has 1 aliphatic heterocycles. The van der Waals surface area contributed by atoms with E-state index in [1.807, 2.05) is 26.8 Å². The van der Waals surface area contributed by atoms with E-state index < -0.39 is 11.0 Å². The summed E-state index contributed by atoms with van der Waals surface area (Å²) in [6, 6.07) is 10.1. The van der Waals surface area contributed by atoms with Gasteiger partial charge in [-0.15, -0.1) is 0 Å². The lowest BCUT2D eigenvalue weighted by atomic mass is 9.84. The van der Waals surface area contributed by atoms with E-state index in [4.69, 9.17) is 9.47 Å². The number of hydrogen-bond donors (Lipinski definition) is 0. The Bertz CT molecular complexity index is 988. The Balaban J connectivity index is 1.98. The van der Waals surface area contributed by atoms with Gasteiger partial charge in [-0.2, -0.15) is 0 Å². The fourth-order valence-corrected chi connectivity index (χ4v) is 4.76. The molecule has 166 valence electrons. The molecule has 31 heavy (non-hydrogen) atoms. The number of benzene rings is 2. The van der Waals surface area contributed by atoms with E-state index in [0.29, 0.717) is 42.1 Å². The molecule has 0 amide bonds. The SMILES string of the molecule is COC1(c2cc(F)cc(Sc3ccc(C(C)=O)c(C(=O)C(C)(C)C)c3)c2)CCOCC1. The highest BCUT2D eigenvalue weighted by atomic mass is 32.2. The van der Waals surface area contributed by atoms with Crippen LogP contribution in [-0.2, 0) is 15.1 Å². The van der Waals surface area contributed by atoms with Crippen LogP contribution in [0.5, 0.6) is 0 Å². The first-order chi connectivity index (χ1) is 14.6. The molecule has 0 bridgehead atoms. The third kappa shape index (κ3) is 5.25. The Labute approximate surface area is 187 Å². The largest absolute Gasteiger partial charge is 0.381 e. The zero-order valence-electron chi connectivity index (χ0n) is 18.7. The monoisotopic (exact) mass is 444 g/mol. The van der Waals surface area contributed by atoms with Crippen molar-refractivity contribution in [1.82, 2.24) is 0 Å². The zero-order valence-corrected chi connectivity index (χ0v) is 19.5. The van der Waals surface area contributed by atoms with Crippen molar-refractivity contribution in [3.8, 4) is 0 Å². The number of rotatable bonds is 6. The number of hydrogen-bond acceptors (Lipinski definition) is 5. The van der Waals surface area contributed by atoms with Crippen LogP contribution in [0.1, 0.15) is 66.8 Å². The average molecular weight is 445 g/mol. The maximum atomic E-state index is 14.5. The first-order valence-electron chi connectivity index (χ1n) is 10.4. The summed E-state index contributed by atoms with van der Waals surface area (Å²) < 4.78 is 25.8. The smallest absolute Gasteiger partial charge is 0.168 e. The summed E-state index contributed by atoms with van der Waals surface area (Å²) in [7, 11) is 1.65. The van der Waals surface area contributed by atoms with Gasteiger partial charge >= 0.3 is 0 Å². The molecule has 6 heteroatoms. The number of carbonyl (C=O) groups excluding carboxylic acids is 2. The van der Waals surface area contributed by atoms with Gasteiger partial charge in [0, 0.05) is 59.5 Å². The van der Waals surface area contributed by atoms with E-state index in [2.05, 4.69) is 0 Å². The molecule has 1 aliphatic rings. The molecule has 0 aliphatic carbocycles. The number of Topliss-reactive ketones (excluding diaryl/α,β-unsaturated/α-hetero) is 2. The van der Waals surface area contributed by atoms with Crippen LogP contribution < -0.4 is 0 Å². The number of halogens is 1. The molecular weight excluding hydrogens is 415 g/mol. The number of carbonyl (C=O) groups is 2. The van der Waals surface area contributed by atoms with Crippen LogP contribution in [0.3, 0.4) is 0 Å². The van der Waals surface area contributed by atoms with Crippen molar-refractivity contribution in [1.29, 1.82) is 0 Å². The van der Waals surface area contributed by atoms with E-state index in [0.717, 1.165) is 10.5 Å². The fourth-order valence-electron chi connectivity index (χ4n) is 3.82. The summed E-state index contributed by atoms with van der Waals surface area (Å²) in [5.41, 5.74) is 0.408. The van der Waals surface area contributed by atoms with Crippen molar-refractivity contribution in [3.63, 3.8) is 0 Å². The third-order valence-corrected chi connectivity index (χ3v) is 6.58. The standard InChI is InChI=1S/C25H29FO4S/c1-16(27)21-7-6-19(15-22(21)23(28)24(2,3)4)31-20-13-17(12-18(26)14-20)25(29-5)8-10-30-11-9-25/h6-7,12-15H,8-11H2,1-5H3. The van der Waals surface area contributed by atoms with Crippen molar-refractivity contribution < 1.29 is 23.5 Å². The minimum absolute atomic E-state index is 0.0966. The first-order valence-corrected chi connectivity index (χ1v) is 11.2. The number of ketones is 2. The van der Waals surface area contributed by atoms with Crippen molar-refractivity contribution in [2.24, 2.45) is 5.41 Å². The van der Waals surface area contributed by atoms with Crippen LogP contribution in [0, 0.1) is 11.2 Å². The molecule has 0 radical (unpaired) electrons. The van der Waals surface area contributed by atoms with Crippen molar-refractivity contribution in [3.05, 3.63) is 58.9 Å². The maximum absolute atomic E-state index is 14.5. The summed E-state index contributed by atoms with van der Waals surface area (Å²) in [5, 5.41) is 0. The lowest BCUT2D eigenvalue weighted by molar-refractivity contribution is -0.0950. The van der Waals surface area contributed by atoms with E-state index in [1.165, 1.54) is 30.8 Å². The van der Waals surface area contributed by atoms with Crippen LogP contribution in [0.25, 0.3) is 0 Å². The molecule has 1 heterocycles. The van der Waals surface area contributed by atoms with E-state index in [9.17, 15) is 14.0 Å². The topological polar surface area (TPSA) is 52.6 Å². The normalized spacial score (nSPS) is 16.2. The van der Waals surface area contributed by atoms with Gasteiger partial charge in [0.25, 0.3) is 0 Å². The first kappa shape index (κ1) is 23.6. The lowest BCUT2D eigenvalue weighted by Crippen LogP contribution is -2.35. The molecule has 2 aromatic carbocycles. The van der Waals surface area contributed by atoms with Gasteiger partial charge in [0.2, 0.25) is 0 Å². The maximum Gasteiger partial charge on any atom is 0.168 e. The summed E-state index contributed by atoms with van der Waals surface area (Å²) in [6.45, 7) is 8.08. The zero-order chi connectivity index (χ0) is 22.8. The van der Waals surface area contributed by atoms with Gasteiger partial charge in [-0.05, 0) is 48.9 Å². The highest BCUT2D eigenvalue weighted by Crippen LogP contribution is 2.39.